The molecule has 0 saturated carbocycles. The van der Waals surface area contributed by atoms with Gasteiger partial charge >= 0.3 is 0 Å². The van der Waals surface area contributed by atoms with Crippen molar-refractivity contribution in [2.45, 2.75) is 128 Å². The fraction of sp³-hybridized carbons (Fsp3) is 1.00. The molecule has 3 unspecified atom stereocenters. The minimum absolute atomic E-state index is 0.331. The number of unbranched alkanes of at least 4 members (excludes halogenated alkanes) is 9. The predicted octanol–water partition coefficient (Wildman–Crippen LogP) is 6.33. The van der Waals surface area contributed by atoms with Gasteiger partial charge in [-0.25, -0.2) is 0 Å². The van der Waals surface area contributed by atoms with Crippen LogP contribution in [-0.2, 0) is 4.43 Å². The topological polar surface area (TPSA) is 35.2 Å². The molecule has 0 aliphatic carbocycles. The van der Waals surface area contributed by atoms with Gasteiger partial charge in [-0.2, -0.15) is 0 Å². The summed E-state index contributed by atoms with van der Waals surface area (Å²) >= 11 is 0. The first kappa shape index (κ1) is 21.2. The number of hydrogen-bond acceptors (Lipinski definition) is 2. The molecule has 0 bridgehead atoms. The summed E-state index contributed by atoms with van der Waals surface area (Å²) in [5, 5.41) is 0. The van der Waals surface area contributed by atoms with Gasteiger partial charge in [0.25, 0.3) is 0 Å². The highest BCUT2D eigenvalue weighted by atomic mass is 28.4. The third-order valence-electron chi connectivity index (χ3n) is 5.74. The Bertz CT molecular complexity index is 287. The monoisotopic (exact) mass is 341 g/mol. The van der Waals surface area contributed by atoms with Crippen LogP contribution < -0.4 is 5.73 Å². The molecule has 1 aliphatic rings. The van der Waals surface area contributed by atoms with Gasteiger partial charge in [0.15, 0.2) is 0 Å². The van der Waals surface area contributed by atoms with Crippen LogP contribution in [-0.4, -0.2) is 20.1 Å². The Morgan fingerprint density at radius 1 is 0.957 bits per heavy atom. The second kappa shape index (κ2) is 12.5. The quantitative estimate of drug-likeness (QED) is 0.314. The molecule has 0 aromatic carbocycles. The lowest BCUT2D eigenvalue weighted by molar-refractivity contribution is 0.140. The van der Waals surface area contributed by atoms with E-state index >= 15 is 0 Å². The Morgan fingerprint density at radius 3 is 2.09 bits per heavy atom. The largest absolute Gasteiger partial charge is 0.413 e. The summed E-state index contributed by atoms with van der Waals surface area (Å²) in [6, 6.07) is 1.27. The molecule has 23 heavy (non-hydrogen) atoms. The molecule has 1 heterocycles. The van der Waals surface area contributed by atoms with Crippen molar-refractivity contribution in [2.24, 2.45) is 5.73 Å². The third kappa shape index (κ3) is 8.69. The van der Waals surface area contributed by atoms with Crippen molar-refractivity contribution in [1.82, 2.24) is 0 Å². The maximum atomic E-state index is 6.52. The van der Waals surface area contributed by atoms with Gasteiger partial charge in [0.05, 0.1) is 0 Å². The summed E-state index contributed by atoms with van der Waals surface area (Å²) in [4.78, 5) is 0. The van der Waals surface area contributed by atoms with E-state index in [2.05, 4.69) is 20.4 Å². The van der Waals surface area contributed by atoms with Gasteiger partial charge in [-0.15, -0.1) is 0 Å². The third-order valence-corrected chi connectivity index (χ3v) is 9.93. The lowest BCUT2D eigenvalue weighted by Crippen LogP contribution is -2.56. The van der Waals surface area contributed by atoms with E-state index in [-0.39, 0.29) is 0 Å². The van der Waals surface area contributed by atoms with E-state index in [1.807, 2.05) is 0 Å². The first-order chi connectivity index (χ1) is 11.1. The Labute approximate surface area is 147 Å². The lowest BCUT2D eigenvalue weighted by atomic mass is 10.0. The zero-order chi connectivity index (χ0) is 17.0. The molecule has 2 N–H and O–H groups in total. The number of hydrogen-bond donors (Lipinski definition) is 1. The Hall–Kier alpha value is 0.137. The van der Waals surface area contributed by atoms with E-state index in [4.69, 9.17) is 10.2 Å². The van der Waals surface area contributed by atoms with E-state index < -0.39 is 8.32 Å². The van der Waals surface area contributed by atoms with Crippen molar-refractivity contribution in [3.8, 4) is 0 Å². The molecule has 3 atom stereocenters. The molecule has 0 radical (unpaired) electrons. The summed E-state index contributed by atoms with van der Waals surface area (Å²) < 4.78 is 6.52. The van der Waals surface area contributed by atoms with E-state index in [1.165, 1.54) is 89.5 Å². The highest BCUT2D eigenvalue weighted by Gasteiger charge is 2.40. The van der Waals surface area contributed by atoms with Gasteiger partial charge < -0.3 is 10.2 Å². The first-order valence-electron chi connectivity index (χ1n) is 10.6. The molecule has 2 nitrogen and oxygen atoms in total. The van der Waals surface area contributed by atoms with Gasteiger partial charge in [-0.05, 0) is 31.9 Å². The Morgan fingerprint density at radius 2 is 1.52 bits per heavy atom. The SMILES string of the molecule is CCCCCCCCCCCCC1CCC[Si](C)(C(N)CC)O1. The van der Waals surface area contributed by atoms with E-state index in [0.717, 1.165) is 6.42 Å². The van der Waals surface area contributed by atoms with Crippen molar-refractivity contribution in [1.29, 1.82) is 0 Å². The van der Waals surface area contributed by atoms with Crippen molar-refractivity contribution < 1.29 is 4.43 Å². The van der Waals surface area contributed by atoms with Gasteiger partial charge in [-0.1, -0.05) is 84.5 Å². The molecular weight excluding hydrogens is 298 g/mol. The molecule has 1 aliphatic heterocycles. The normalized spacial score (nSPS) is 26.3. The first-order valence-corrected chi connectivity index (χ1v) is 13.2. The zero-order valence-corrected chi connectivity index (χ0v) is 17.2. The Kier molecular flexibility index (Phi) is 11.5. The molecule has 1 saturated heterocycles. The molecule has 1 rings (SSSR count). The molecule has 3 heteroatoms. The standard InChI is InChI=1S/C20H43NOSi/c1-4-6-7-8-9-10-11-12-13-14-16-19-17-15-18-23(3,22-19)20(21)5-2/h19-20H,4-18,21H2,1-3H3. The maximum absolute atomic E-state index is 6.52. The molecule has 0 aromatic heterocycles. The fourth-order valence-electron chi connectivity index (χ4n) is 3.95. The van der Waals surface area contributed by atoms with Crippen molar-refractivity contribution in [2.75, 3.05) is 0 Å². The maximum Gasteiger partial charge on any atom is 0.206 e. The van der Waals surface area contributed by atoms with Gasteiger partial charge in [0.1, 0.15) is 0 Å². The van der Waals surface area contributed by atoms with E-state index in [9.17, 15) is 0 Å². The second-order valence-corrected chi connectivity index (χ2v) is 12.0. The van der Waals surface area contributed by atoms with Crippen LogP contribution in [0.3, 0.4) is 0 Å². The predicted molar refractivity (Wildman–Crippen MR) is 105 cm³/mol. The smallest absolute Gasteiger partial charge is 0.206 e. The van der Waals surface area contributed by atoms with Crippen LogP contribution in [0.2, 0.25) is 12.6 Å². The summed E-state index contributed by atoms with van der Waals surface area (Å²) in [5.74, 6) is 0. The minimum Gasteiger partial charge on any atom is -0.413 e. The van der Waals surface area contributed by atoms with Crippen molar-refractivity contribution >= 4 is 8.32 Å². The molecule has 1 fully saturated rings. The summed E-state index contributed by atoms with van der Waals surface area (Å²) in [5.41, 5.74) is 6.67. The average Bonchev–Trinajstić information content (AvgIpc) is 2.56. The number of rotatable bonds is 13. The molecular formula is C20H43NOSi. The molecule has 0 aromatic rings. The van der Waals surface area contributed by atoms with Gasteiger partial charge in [-0.3, -0.25) is 0 Å². The number of nitrogens with two attached hydrogens (primary N) is 1. The lowest BCUT2D eigenvalue weighted by Gasteiger charge is -2.40. The van der Waals surface area contributed by atoms with E-state index in [0.29, 0.717) is 11.8 Å². The summed E-state index contributed by atoms with van der Waals surface area (Å²) in [7, 11) is -1.62. The summed E-state index contributed by atoms with van der Waals surface area (Å²) in [6.45, 7) is 6.86. The van der Waals surface area contributed by atoms with Gasteiger partial charge in [0, 0.05) is 11.8 Å². The summed E-state index contributed by atoms with van der Waals surface area (Å²) in [6.07, 6.45) is 19.7. The van der Waals surface area contributed by atoms with Crippen LogP contribution in [0.4, 0.5) is 0 Å². The highest BCUT2D eigenvalue weighted by Crippen LogP contribution is 2.31. The molecule has 0 spiro atoms. The van der Waals surface area contributed by atoms with Crippen molar-refractivity contribution in [3.63, 3.8) is 0 Å². The highest BCUT2D eigenvalue weighted by molar-refractivity contribution is 6.74. The van der Waals surface area contributed by atoms with Crippen LogP contribution >= 0.6 is 0 Å². The van der Waals surface area contributed by atoms with Crippen LogP contribution in [0.25, 0.3) is 0 Å². The van der Waals surface area contributed by atoms with Crippen LogP contribution in [0.15, 0.2) is 0 Å². The van der Waals surface area contributed by atoms with E-state index in [1.54, 1.807) is 0 Å². The molecule has 138 valence electrons. The minimum atomic E-state index is -1.62. The van der Waals surface area contributed by atoms with Crippen LogP contribution in [0.5, 0.6) is 0 Å². The van der Waals surface area contributed by atoms with Gasteiger partial charge in [0.2, 0.25) is 8.32 Å². The van der Waals surface area contributed by atoms with Crippen molar-refractivity contribution in [3.05, 3.63) is 0 Å². The Balaban J connectivity index is 2.01. The second-order valence-electron chi connectivity index (χ2n) is 7.93. The zero-order valence-electron chi connectivity index (χ0n) is 16.2. The fourth-order valence-corrected chi connectivity index (χ4v) is 7.38. The van der Waals surface area contributed by atoms with Crippen LogP contribution in [0.1, 0.15) is 104 Å². The average molecular weight is 342 g/mol. The molecule has 0 amide bonds. The van der Waals surface area contributed by atoms with Crippen LogP contribution in [0, 0.1) is 0 Å².